The second kappa shape index (κ2) is 5.68. The number of piperidine rings is 1. The molecule has 5 aliphatic rings. The van der Waals surface area contributed by atoms with Crippen LogP contribution in [0.2, 0.25) is 0 Å². The Morgan fingerprint density at radius 2 is 1.81 bits per heavy atom. The van der Waals surface area contributed by atoms with Crippen molar-refractivity contribution in [3.63, 3.8) is 0 Å². The van der Waals surface area contributed by atoms with E-state index in [1.807, 2.05) is 11.9 Å². The number of carbonyl (C=O) groups is 1. The molecule has 5 rings (SSSR count). The number of halogens is 1. The van der Waals surface area contributed by atoms with Crippen molar-refractivity contribution in [3.05, 3.63) is 0 Å². The summed E-state index contributed by atoms with van der Waals surface area (Å²) in [6.45, 7) is 4.63. The van der Waals surface area contributed by atoms with Crippen molar-refractivity contribution in [3.8, 4) is 0 Å². The molecule has 0 N–H and O–H groups in total. The van der Waals surface area contributed by atoms with Crippen molar-refractivity contribution in [2.24, 2.45) is 28.6 Å². The van der Waals surface area contributed by atoms with Gasteiger partial charge in [-0.25, -0.2) is 4.39 Å². The molecule has 5 fully saturated rings. The fourth-order valence-corrected chi connectivity index (χ4v) is 7.73. The van der Waals surface area contributed by atoms with Crippen LogP contribution in [0, 0.1) is 28.6 Å². The van der Waals surface area contributed by atoms with Crippen LogP contribution in [0.15, 0.2) is 0 Å². The third kappa shape index (κ3) is 2.23. The molecule has 4 saturated carbocycles. The first-order chi connectivity index (χ1) is 12.4. The molecule has 3 unspecified atom stereocenters. The predicted molar refractivity (Wildman–Crippen MR) is 98.4 cm³/mol. The van der Waals surface area contributed by atoms with Gasteiger partial charge in [0, 0.05) is 18.5 Å². The topological polar surface area (TPSA) is 29.5 Å². The maximum atomic E-state index is 15.3. The first-order valence-corrected chi connectivity index (χ1v) is 10.9. The van der Waals surface area contributed by atoms with Gasteiger partial charge in [-0.05, 0) is 74.5 Å². The third-order valence-electron chi connectivity index (χ3n) is 9.41. The molecule has 26 heavy (non-hydrogen) atoms. The Kier molecular flexibility index (Phi) is 3.82. The Morgan fingerprint density at radius 1 is 1.04 bits per heavy atom. The number of alkyl halides is 1. The minimum Gasteiger partial charge on any atom is -0.374 e. The summed E-state index contributed by atoms with van der Waals surface area (Å²) < 4.78 is 21.8. The lowest BCUT2D eigenvalue weighted by Crippen LogP contribution is -2.65. The van der Waals surface area contributed by atoms with Gasteiger partial charge in [0.15, 0.2) is 0 Å². The fraction of sp³-hybridized carbons (Fsp3) is 0.955. The average Bonchev–Trinajstić information content (AvgIpc) is 3.36. The van der Waals surface area contributed by atoms with Crippen LogP contribution >= 0.6 is 0 Å². The van der Waals surface area contributed by atoms with Crippen LogP contribution < -0.4 is 0 Å². The quantitative estimate of drug-likeness (QED) is 0.730. The van der Waals surface area contributed by atoms with Crippen molar-refractivity contribution in [2.75, 3.05) is 7.05 Å². The lowest BCUT2D eigenvalue weighted by Gasteiger charge is -2.62. The number of rotatable bonds is 2. The van der Waals surface area contributed by atoms with Crippen molar-refractivity contribution in [1.29, 1.82) is 0 Å². The summed E-state index contributed by atoms with van der Waals surface area (Å²) in [7, 11) is 1.90. The molecule has 1 saturated heterocycles. The van der Waals surface area contributed by atoms with E-state index in [-0.39, 0.29) is 29.2 Å². The molecule has 0 radical (unpaired) electrons. The van der Waals surface area contributed by atoms with E-state index >= 15 is 4.39 Å². The summed E-state index contributed by atoms with van der Waals surface area (Å²) in [6.07, 6.45) is 9.39. The summed E-state index contributed by atoms with van der Waals surface area (Å²) in [5, 5.41) is 0. The lowest BCUT2D eigenvalue weighted by atomic mass is 9.47. The van der Waals surface area contributed by atoms with Gasteiger partial charge in [0.25, 0.3) is 0 Å². The Balaban J connectivity index is 1.43. The van der Waals surface area contributed by atoms with Crippen LogP contribution in [0.5, 0.6) is 0 Å². The molecule has 0 bridgehead atoms. The summed E-state index contributed by atoms with van der Waals surface area (Å²) in [5.41, 5.74) is -0.0719. The van der Waals surface area contributed by atoms with Gasteiger partial charge in [-0.1, -0.05) is 13.8 Å². The number of carbonyl (C=O) groups excluding carboxylic acids is 1. The highest BCUT2D eigenvalue weighted by Gasteiger charge is 2.64. The van der Waals surface area contributed by atoms with Crippen molar-refractivity contribution < 1.29 is 13.9 Å². The van der Waals surface area contributed by atoms with E-state index in [1.54, 1.807) is 0 Å². The van der Waals surface area contributed by atoms with E-state index in [0.29, 0.717) is 30.0 Å². The fourth-order valence-electron chi connectivity index (χ4n) is 7.73. The number of amides is 1. The molecule has 8 atom stereocenters. The molecule has 1 aliphatic heterocycles. The Bertz CT molecular complexity index is 607. The molecule has 4 heteroatoms. The second-order valence-corrected chi connectivity index (χ2v) is 10.5. The van der Waals surface area contributed by atoms with Crippen molar-refractivity contribution in [1.82, 2.24) is 4.90 Å². The molecule has 0 spiro atoms. The monoisotopic (exact) mass is 363 g/mol. The normalized spacial score (nSPS) is 53.8. The van der Waals surface area contributed by atoms with Gasteiger partial charge in [-0.15, -0.1) is 0 Å². The minimum atomic E-state index is -0.978. The maximum Gasteiger partial charge on any atom is 0.225 e. The highest BCUT2D eigenvalue weighted by molar-refractivity contribution is 5.78. The van der Waals surface area contributed by atoms with E-state index in [2.05, 4.69) is 13.8 Å². The molecule has 146 valence electrons. The molecule has 0 aromatic rings. The summed E-state index contributed by atoms with van der Waals surface area (Å²) >= 11 is 0. The summed E-state index contributed by atoms with van der Waals surface area (Å²) in [4.78, 5) is 14.1. The standard InChI is InChI=1S/C22H34FNO2/c1-21-11-10-16-14(15(21)7-9-19(21)26-13-4-5-13)6-8-18-22(16,2)17(23)12-20(25)24(18)3/h13-19H,4-12H2,1-3H3/t14-,15-,16+,17?,18?,19?,21-,22-/m0/s1. The highest BCUT2D eigenvalue weighted by Crippen LogP contribution is 2.65. The van der Waals surface area contributed by atoms with Crippen LogP contribution in [0.3, 0.4) is 0 Å². The first kappa shape index (κ1) is 17.5. The van der Waals surface area contributed by atoms with Crippen LogP contribution in [0.4, 0.5) is 4.39 Å². The highest BCUT2D eigenvalue weighted by atomic mass is 19.1. The minimum absolute atomic E-state index is 0.00200. The van der Waals surface area contributed by atoms with Gasteiger partial charge in [-0.3, -0.25) is 4.79 Å². The maximum absolute atomic E-state index is 15.3. The zero-order chi connectivity index (χ0) is 18.3. The molecule has 1 amide bonds. The SMILES string of the molecule is CN1C(=O)CC(F)[C@@]2(C)C1CC[C@@H]1[C@H]2CC[C@]2(C)C(OC3CC3)CC[C@@H]12. The molecule has 0 aromatic carbocycles. The lowest BCUT2D eigenvalue weighted by molar-refractivity contribution is -0.178. The molecule has 4 aliphatic carbocycles. The van der Waals surface area contributed by atoms with Crippen LogP contribution in [-0.2, 0) is 9.53 Å². The number of hydrogen-bond donors (Lipinski definition) is 0. The number of fused-ring (bicyclic) bond motifs is 5. The number of ether oxygens (including phenoxy) is 1. The molecule has 0 aromatic heterocycles. The molecule has 1 heterocycles. The van der Waals surface area contributed by atoms with Crippen LogP contribution in [0.25, 0.3) is 0 Å². The van der Waals surface area contributed by atoms with E-state index in [9.17, 15) is 4.79 Å². The zero-order valence-electron chi connectivity index (χ0n) is 16.5. The average molecular weight is 364 g/mol. The molecular formula is C22H34FNO2. The van der Waals surface area contributed by atoms with Gasteiger partial charge in [0.1, 0.15) is 6.17 Å². The number of likely N-dealkylation sites (tertiary alicyclic amines) is 1. The van der Waals surface area contributed by atoms with Crippen molar-refractivity contribution in [2.45, 2.75) is 96.1 Å². The van der Waals surface area contributed by atoms with Gasteiger partial charge in [0.05, 0.1) is 18.6 Å². The summed E-state index contributed by atoms with van der Waals surface area (Å²) in [6, 6.07) is 0.0873. The van der Waals surface area contributed by atoms with E-state index in [4.69, 9.17) is 4.74 Å². The molecule has 3 nitrogen and oxygen atoms in total. The van der Waals surface area contributed by atoms with Crippen LogP contribution in [-0.4, -0.2) is 42.3 Å². The largest absolute Gasteiger partial charge is 0.374 e. The van der Waals surface area contributed by atoms with E-state index < -0.39 is 6.17 Å². The van der Waals surface area contributed by atoms with Gasteiger partial charge in [0.2, 0.25) is 5.91 Å². The van der Waals surface area contributed by atoms with Crippen LogP contribution in [0.1, 0.15) is 71.6 Å². The first-order valence-electron chi connectivity index (χ1n) is 10.9. The Hall–Kier alpha value is -0.640. The Morgan fingerprint density at radius 3 is 2.54 bits per heavy atom. The van der Waals surface area contributed by atoms with Gasteiger partial charge in [-0.2, -0.15) is 0 Å². The zero-order valence-corrected chi connectivity index (χ0v) is 16.5. The summed E-state index contributed by atoms with van der Waals surface area (Å²) in [5.74, 6) is 1.71. The molecular weight excluding hydrogens is 329 g/mol. The van der Waals surface area contributed by atoms with Gasteiger partial charge < -0.3 is 9.64 Å². The smallest absolute Gasteiger partial charge is 0.225 e. The third-order valence-corrected chi connectivity index (χ3v) is 9.41. The number of nitrogens with zero attached hydrogens (tertiary/aromatic N) is 1. The number of hydrogen-bond acceptors (Lipinski definition) is 2. The van der Waals surface area contributed by atoms with E-state index in [0.717, 1.165) is 19.3 Å². The van der Waals surface area contributed by atoms with Crippen molar-refractivity contribution >= 4 is 5.91 Å². The van der Waals surface area contributed by atoms with E-state index in [1.165, 1.54) is 32.1 Å². The second-order valence-electron chi connectivity index (χ2n) is 10.5. The van der Waals surface area contributed by atoms with Gasteiger partial charge >= 0.3 is 0 Å². The predicted octanol–water partition coefficient (Wildman–Crippen LogP) is 4.35. The Labute approximate surface area is 157 Å².